The lowest BCUT2D eigenvalue weighted by atomic mass is 10.1. The van der Waals surface area contributed by atoms with Gasteiger partial charge in [0.1, 0.15) is 18.1 Å². The van der Waals surface area contributed by atoms with E-state index in [1.54, 1.807) is 36.4 Å². The normalized spacial score (nSPS) is 10.6. The molecule has 1 N–H and O–H groups in total. The van der Waals surface area contributed by atoms with E-state index in [-0.39, 0.29) is 5.91 Å². The second kappa shape index (κ2) is 7.62. The lowest BCUT2D eigenvalue weighted by Crippen LogP contribution is -2.12. The van der Waals surface area contributed by atoms with Gasteiger partial charge in [0.15, 0.2) is 0 Å². The summed E-state index contributed by atoms with van der Waals surface area (Å²) in [5.74, 6) is 1.12. The third-order valence-corrected chi connectivity index (χ3v) is 4.33. The standard InChI is InChI=1S/C20H19ClN2O3/c1-12-9-16(21)7-8-19(12)22-20(24)15-5-4-6-17(10-15)25-11-18-13(2)23-26-14(18)3/h4-10H,11H2,1-3H3,(H,22,24). The Bertz CT molecular complexity index is 930. The zero-order valence-corrected chi connectivity index (χ0v) is 15.6. The molecule has 26 heavy (non-hydrogen) atoms. The van der Waals surface area contributed by atoms with E-state index in [1.807, 2.05) is 26.8 Å². The summed E-state index contributed by atoms with van der Waals surface area (Å²) in [5, 5.41) is 7.43. The number of carbonyl (C=O) groups is 1. The first kappa shape index (κ1) is 18.0. The zero-order chi connectivity index (χ0) is 18.7. The Morgan fingerprint density at radius 1 is 1.19 bits per heavy atom. The first-order valence-electron chi connectivity index (χ1n) is 8.16. The summed E-state index contributed by atoms with van der Waals surface area (Å²) in [6.07, 6.45) is 0. The van der Waals surface area contributed by atoms with Crippen LogP contribution in [0.4, 0.5) is 5.69 Å². The maximum atomic E-state index is 12.5. The van der Waals surface area contributed by atoms with Crippen LogP contribution >= 0.6 is 11.6 Å². The summed E-state index contributed by atoms with van der Waals surface area (Å²) in [6.45, 7) is 5.94. The highest BCUT2D eigenvalue weighted by atomic mass is 35.5. The van der Waals surface area contributed by atoms with Crippen molar-refractivity contribution in [3.63, 3.8) is 0 Å². The van der Waals surface area contributed by atoms with Crippen molar-refractivity contribution in [1.82, 2.24) is 5.16 Å². The molecule has 1 amide bonds. The maximum Gasteiger partial charge on any atom is 0.255 e. The molecule has 1 aromatic heterocycles. The van der Waals surface area contributed by atoms with E-state index in [0.717, 1.165) is 28.3 Å². The molecule has 5 nitrogen and oxygen atoms in total. The van der Waals surface area contributed by atoms with Crippen molar-refractivity contribution in [3.05, 3.63) is 75.6 Å². The van der Waals surface area contributed by atoms with Gasteiger partial charge in [0.2, 0.25) is 0 Å². The summed E-state index contributed by atoms with van der Waals surface area (Å²) in [5.41, 5.74) is 3.85. The molecular weight excluding hydrogens is 352 g/mol. The second-order valence-electron chi connectivity index (χ2n) is 6.03. The summed E-state index contributed by atoms with van der Waals surface area (Å²) in [7, 11) is 0. The van der Waals surface area contributed by atoms with Gasteiger partial charge in [-0.3, -0.25) is 4.79 Å². The van der Waals surface area contributed by atoms with Crippen molar-refractivity contribution in [1.29, 1.82) is 0 Å². The summed E-state index contributed by atoms with van der Waals surface area (Å²) >= 11 is 5.95. The third-order valence-electron chi connectivity index (χ3n) is 4.10. The SMILES string of the molecule is Cc1cc(Cl)ccc1NC(=O)c1cccc(OCc2c(C)noc2C)c1. The lowest BCUT2D eigenvalue weighted by Gasteiger charge is -2.10. The molecule has 134 valence electrons. The Balaban J connectivity index is 1.71. The number of amides is 1. The van der Waals surface area contributed by atoms with Gasteiger partial charge in [-0.15, -0.1) is 0 Å². The molecule has 0 atom stereocenters. The van der Waals surface area contributed by atoms with E-state index in [9.17, 15) is 4.79 Å². The van der Waals surface area contributed by atoms with Crippen molar-refractivity contribution >= 4 is 23.2 Å². The van der Waals surface area contributed by atoms with E-state index in [4.69, 9.17) is 20.9 Å². The Morgan fingerprint density at radius 3 is 2.69 bits per heavy atom. The van der Waals surface area contributed by atoms with Crippen molar-refractivity contribution in [3.8, 4) is 5.75 Å². The molecule has 3 rings (SSSR count). The van der Waals surface area contributed by atoms with Crippen LogP contribution in [0.1, 0.15) is 32.9 Å². The number of aryl methyl sites for hydroxylation is 3. The first-order valence-corrected chi connectivity index (χ1v) is 8.54. The van der Waals surface area contributed by atoms with Gasteiger partial charge >= 0.3 is 0 Å². The van der Waals surface area contributed by atoms with Crippen molar-refractivity contribution in [2.45, 2.75) is 27.4 Å². The number of ether oxygens (including phenoxy) is 1. The molecule has 0 radical (unpaired) electrons. The van der Waals surface area contributed by atoms with Gasteiger partial charge in [-0.1, -0.05) is 22.8 Å². The molecule has 0 aliphatic carbocycles. The minimum absolute atomic E-state index is 0.210. The molecule has 0 saturated heterocycles. The fourth-order valence-electron chi connectivity index (χ4n) is 2.55. The number of aromatic nitrogens is 1. The van der Waals surface area contributed by atoms with E-state index < -0.39 is 0 Å². The van der Waals surface area contributed by atoms with E-state index >= 15 is 0 Å². The molecule has 0 unspecified atom stereocenters. The average molecular weight is 371 g/mol. The largest absolute Gasteiger partial charge is 0.489 e. The molecule has 0 bridgehead atoms. The number of rotatable bonds is 5. The summed E-state index contributed by atoms with van der Waals surface area (Å²) in [6, 6.07) is 12.4. The summed E-state index contributed by atoms with van der Waals surface area (Å²) in [4.78, 5) is 12.5. The maximum absolute atomic E-state index is 12.5. The fraction of sp³-hybridized carbons (Fsp3) is 0.200. The van der Waals surface area contributed by atoms with Crippen molar-refractivity contribution < 1.29 is 14.1 Å². The average Bonchev–Trinajstić information content (AvgIpc) is 2.94. The topological polar surface area (TPSA) is 64.4 Å². The van der Waals surface area contributed by atoms with Crippen LogP contribution in [0.15, 0.2) is 47.0 Å². The van der Waals surface area contributed by atoms with Crippen LogP contribution < -0.4 is 10.1 Å². The van der Waals surface area contributed by atoms with Crippen LogP contribution in [-0.4, -0.2) is 11.1 Å². The number of carbonyl (C=O) groups excluding carboxylic acids is 1. The molecular formula is C20H19ClN2O3. The van der Waals surface area contributed by atoms with Gasteiger partial charge in [0.05, 0.1) is 11.3 Å². The van der Waals surface area contributed by atoms with Crippen LogP contribution in [0.3, 0.4) is 0 Å². The lowest BCUT2D eigenvalue weighted by molar-refractivity contribution is 0.102. The van der Waals surface area contributed by atoms with Gasteiger partial charge in [-0.2, -0.15) is 0 Å². The van der Waals surface area contributed by atoms with Crippen LogP contribution in [0, 0.1) is 20.8 Å². The predicted octanol–water partition coefficient (Wildman–Crippen LogP) is 5.08. The molecule has 6 heteroatoms. The van der Waals surface area contributed by atoms with Gasteiger partial charge in [-0.25, -0.2) is 0 Å². The molecule has 0 saturated carbocycles. The van der Waals surface area contributed by atoms with Gasteiger partial charge in [-0.05, 0) is 62.7 Å². The Morgan fingerprint density at radius 2 is 2.00 bits per heavy atom. The highest BCUT2D eigenvalue weighted by molar-refractivity contribution is 6.30. The van der Waals surface area contributed by atoms with Gasteiger partial charge < -0.3 is 14.6 Å². The molecule has 3 aromatic rings. The number of halogens is 1. The monoisotopic (exact) mass is 370 g/mol. The number of hydrogen-bond donors (Lipinski definition) is 1. The highest BCUT2D eigenvalue weighted by Crippen LogP contribution is 2.22. The Kier molecular flexibility index (Phi) is 5.28. The van der Waals surface area contributed by atoms with Crippen LogP contribution in [0.2, 0.25) is 5.02 Å². The minimum Gasteiger partial charge on any atom is -0.489 e. The molecule has 1 heterocycles. The number of hydrogen-bond acceptors (Lipinski definition) is 4. The number of anilines is 1. The van der Waals surface area contributed by atoms with Gasteiger partial charge in [0.25, 0.3) is 5.91 Å². The molecule has 2 aromatic carbocycles. The van der Waals surface area contributed by atoms with E-state index in [0.29, 0.717) is 22.9 Å². The predicted molar refractivity (Wildman–Crippen MR) is 101 cm³/mol. The Hall–Kier alpha value is -2.79. The van der Waals surface area contributed by atoms with E-state index in [2.05, 4.69) is 10.5 Å². The number of nitrogens with one attached hydrogen (secondary N) is 1. The summed E-state index contributed by atoms with van der Waals surface area (Å²) < 4.78 is 10.9. The van der Waals surface area contributed by atoms with Crippen molar-refractivity contribution in [2.75, 3.05) is 5.32 Å². The van der Waals surface area contributed by atoms with E-state index in [1.165, 1.54) is 0 Å². The van der Waals surface area contributed by atoms with Crippen LogP contribution in [0.5, 0.6) is 5.75 Å². The fourth-order valence-corrected chi connectivity index (χ4v) is 2.78. The first-order chi connectivity index (χ1) is 12.4. The van der Waals surface area contributed by atoms with Gasteiger partial charge in [0, 0.05) is 16.3 Å². The number of benzene rings is 2. The number of nitrogens with zero attached hydrogens (tertiary/aromatic N) is 1. The minimum atomic E-state index is -0.210. The van der Waals surface area contributed by atoms with Crippen molar-refractivity contribution in [2.24, 2.45) is 0 Å². The third kappa shape index (κ3) is 4.06. The molecule has 0 aliphatic heterocycles. The van der Waals surface area contributed by atoms with Crippen LogP contribution in [-0.2, 0) is 6.61 Å². The highest BCUT2D eigenvalue weighted by Gasteiger charge is 2.12. The zero-order valence-electron chi connectivity index (χ0n) is 14.8. The Labute approximate surface area is 156 Å². The molecule has 0 spiro atoms. The molecule has 0 fully saturated rings. The quantitative estimate of drug-likeness (QED) is 0.679. The molecule has 0 aliphatic rings. The van der Waals surface area contributed by atoms with Crippen LogP contribution in [0.25, 0.3) is 0 Å². The smallest absolute Gasteiger partial charge is 0.255 e. The second-order valence-corrected chi connectivity index (χ2v) is 6.47.